The molecular weight excluding hydrogens is 385 g/mol. The van der Waals surface area contributed by atoms with Crippen LogP contribution in [0.1, 0.15) is 38.4 Å². The number of carbonyl (C=O) groups is 2. The van der Waals surface area contributed by atoms with Crippen molar-refractivity contribution in [2.24, 2.45) is 5.92 Å². The average molecular weight is 405 g/mol. The van der Waals surface area contributed by atoms with Crippen molar-refractivity contribution in [1.29, 1.82) is 0 Å². The number of nitrogens with zero attached hydrogens (tertiary/aromatic N) is 3. The van der Waals surface area contributed by atoms with Gasteiger partial charge in [0.05, 0.1) is 18.8 Å². The molecule has 6 nitrogen and oxygen atoms in total. The maximum atomic E-state index is 12.2. The first-order valence-corrected chi connectivity index (χ1v) is 8.23. The van der Waals surface area contributed by atoms with Crippen LogP contribution in [-0.4, -0.2) is 39.8 Å². The molecule has 0 spiro atoms. The standard InChI is InChI=1S/C14H20IN3O3/c1-4-21-14(20)18-11-5-6-17(12(19)7-9(2)3)8-10(11)13(15)16-18/h9H,4-8H2,1-3H3. The van der Waals surface area contributed by atoms with E-state index < -0.39 is 6.09 Å². The Hall–Kier alpha value is -1.12. The molecule has 0 radical (unpaired) electrons. The minimum absolute atomic E-state index is 0.162. The summed E-state index contributed by atoms with van der Waals surface area (Å²) in [5, 5.41) is 4.26. The second-order valence-corrected chi connectivity index (χ2v) is 6.51. The summed E-state index contributed by atoms with van der Waals surface area (Å²) in [7, 11) is 0. The molecule has 0 unspecified atom stereocenters. The third-order valence-corrected chi connectivity index (χ3v) is 4.25. The molecule has 2 rings (SSSR count). The predicted octanol–water partition coefficient (Wildman–Crippen LogP) is 2.42. The van der Waals surface area contributed by atoms with Crippen LogP contribution in [0.4, 0.5) is 4.79 Å². The van der Waals surface area contributed by atoms with Gasteiger partial charge in [0, 0.05) is 24.9 Å². The minimum Gasteiger partial charge on any atom is -0.448 e. The van der Waals surface area contributed by atoms with E-state index >= 15 is 0 Å². The van der Waals surface area contributed by atoms with Crippen molar-refractivity contribution in [2.45, 2.75) is 40.2 Å². The SMILES string of the molecule is CCOC(=O)n1nc(I)c2c1CCN(C(=O)CC(C)C)C2. The van der Waals surface area contributed by atoms with Crippen molar-refractivity contribution in [1.82, 2.24) is 14.7 Å². The van der Waals surface area contributed by atoms with Crippen molar-refractivity contribution < 1.29 is 14.3 Å². The van der Waals surface area contributed by atoms with Gasteiger partial charge in [-0.25, -0.2) is 4.79 Å². The quantitative estimate of drug-likeness (QED) is 0.725. The summed E-state index contributed by atoms with van der Waals surface area (Å²) in [5.74, 6) is 0.510. The van der Waals surface area contributed by atoms with Crippen molar-refractivity contribution in [3.63, 3.8) is 0 Å². The molecule has 1 aromatic rings. The molecule has 2 heterocycles. The van der Waals surface area contributed by atoms with Gasteiger partial charge in [0.2, 0.25) is 5.91 Å². The Labute approximate surface area is 138 Å². The van der Waals surface area contributed by atoms with Crippen LogP contribution in [-0.2, 0) is 22.5 Å². The molecule has 0 fully saturated rings. The fourth-order valence-corrected chi connectivity index (χ4v) is 3.10. The highest BCUT2D eigenvalue weighted by atomic mass is 127. The Morgan fingerprint density at radius 1 is 1.43 bits per heavy atom. The van der Waals surface area contributed by atoms with Gasteiger partial charge in [-0.3, -0.25) is 4.79 Å². The highest BCUT2D eigenvalue weighted by molar-refractivity contribution is 14.1. The maximum absolute atomic E-state index is 12.2. The monoisotopic (exact) mass is 405 g/mol. The lowest BCUT2D eigenvalue weighted by molar-refractivity contribution is -0.132. The number of hydrogen-bond donors (Lipinski definition) is 0. The zero-order valence-electron chi connectivity index (χ0n) is 12.6. The van der Waals surface area contributed by atoms with E-state index in [4.69, 9.17) is 4.74 Å². The summed E-state index contributed by atoms with van der Waals surface area (Å²) in [5.41, 5.74) is 1.83. The van der Waals surface area contributed by atoms with E-state index in [1.807, 2.05) is 18.7 Å². The van der Waals surface area contributed by atoms with E-state index in [1.54, 1.807) is 6.92 Å². The first kappa shape index (κ1) is 16.3. The summed E-state index contributed by atoms with van der Waals surface area (Å²) in [6.07, 6.45) is 0.741. The number of fused-ring (bicyclic) bond motifs is 1. The van der Waals surface area contributed by atoms with Gasteiger partial charge < -0.3 is 9.64 Å². The van der Waals surface area contributed by atoms with E-state index in [2.05, 4.69) is 27.7 Å². The number of halogens is 1. The molecule has 0 N–H and O–H groups in total. The Morgan fingerprint density at radius 2 is 2.14 bits per heavy atom. The number of hydrogen-bond acceptors (Lipinski definition) is 4. The Balaban J connectivity index is 2.18. The van der Waals surface area contributed by atoms with Crippen molar-refractivity contribution in [3.8, 4) is 0 Å². The molecule has 0 saturated carbocycles. The van der Waals surface area contributed by atoms with Gasteiger partial charge in [-0.05, 0) is 35.4 Å². The Kier molecular flexibility index (Phi) is 5.23. The van der Waals surface area contributed by atoms with Crippen LogP contribution in [0.5, 0.6) is 0 Å². The summed E-state index contributed by atoms with van der Waals surface area (Å²) in [4.78, 5) is 25.9. The van der Waals surface area contributed by atoms with Crippen LogP contribution in [0, 0.1) is 9.62 Å². The zero-order chi connectivity index (χ0) is 15.6. The molecule has 7 heteroatoms. The van der Waals surface area contributed by atoms with Gasteiger partial charge in [0.25, 0.3) is 0 Å². The molecule has 116 valence electrons. The first-order valence-electron chi connectivity index (χ1n) is 7.15. The van der Waals surface area contributed by atoms with Gasteiger partial charge in [0.1, 0.15) is 3.70 Å². The third-order valence-electron chi connectivity index (χ3n) is 3.38. The fraction of sp³-hybridized carbons (Fsp3) is 0.643. The molecule has 0 bridgehead atoms. The number of aromatic nitrogens is 2. The molecule has 1 aromatic heterocycles. The molecule has 1 amide bonds. The van der Waals surface area contributed by atoms with Gasteiger partial charge in [-0.1, -0.05) is 13.8 Å². The lowest BCUT2D eigenvalue weighted by Gasteiger charge is -2.28. The first-order chi connectivity index (χ1) is 9.93. The van der Waals surface area contributed by atoms with E-state index in [1.165, 1.54) is 4.68 Å². The summed E-state index contributed by atoms with van der Waals surface area (Å²) in [6.45, 7) is 7.32. The molecule has 1 aliphatic heterocycles. The number of amides is 1. The van der Waals surface area contributed by atoms with Gasteiger partial charge in [0.15, 0.2) is 0 Å². The topological polar surface area (TPSA) is 64.4 Å². The minimum atomic E-state index is -0.446. The van der Waals surface area contributed by atoms with Crippen molar-refractivity contribution in [3.05, 3.63) is 15.0 Å². The highest BCUT2D eigenvalue weighted by Gasteiger charge is 2.29. The Bertz CT molecular complexity index is 554. The summed E-state index contributed by atoms with van der Waals surface area (Å²) in [6, 6.07) is 0. The summed E-state index contributed by atoms with van der Waals surface area (Å²) >= 11 is 2.11. The van der Waals surface area contributed by atoms with Crippen LogP contribution in [0.3, 0.4) is 0 Å². The van der Waals surface area contributed by atoms with Gasteiger partial charge in [-0.2, -0.15) is 9.78 Å². The second-order valence-electron chi connectivity index (χ2n) is 5.49. The molecular formula is C14H20IN3O3. The van der Waals surface area contributed by atoms with E-state index in [9.17, 15) is 9.59 Å². The lowest BCUT2D eigenvalue weighted by atomic mass is 10.1. The van der Waals surface area contributed by atoms with Crippen LogP contribution in [0.15, 0.2) is 0 Å². The molecule has 0 aromatic carbocycles. The second kappa shape index (κ2) is 6.76. The van der Waals surface area contributed by atoms with Crippen LogP contribution >= 0.6 is 22.6 Å². The zero-order valence-corrected chi connectivity index (χ0v) is 14.7. The number of rotatable bonds is 3. The average Bonchev–Trinajstić information content (AvgIpc) is 2.75. The normalized spacial score (nSPS) is 14.2. The predicted molar refractivity (Wildman–Crippen MR) is 85.9 cm³/mol. The van der Waals surface area contributed by atoms with Gasteiger partial charge >= 0.3 is 6.09 Å². The molecule has 0 atom stereocenters. The summed E-state index contributed by atoms with van der Waals surface area (Å²) < 4.78 is 7.11. The number of carbonyl (C=O) groups excluding carboxylic acids is 2. The smallest absolute Gasteiger partial charge is 0.434 e. The maximum Gasteiger partial charge on any atom is 0.434 e. The van der Waals surface area contributed by atoms with Crippen LogP contribution in [0.25, 0.3) is 0 Å². The van der Waals surface area contributed by atoms with Crippen molar-refractivity contribution >= 4 is 34.6 Å². The van der Waals surface area contributed by atoms with Crippen molar-refractivity contribution in [2.75, 3.05) is 13.2 Å². The Morgan fingerprint density at radius 3 is 2.76 bits per heavy atom. The molecule has 21 heavy (non-hydrogen) atoms. The number of ether oxygens (including phenoxy) is 1. The molecule has 0 aliphatic carbocycles. The largest absolute Gasteiger partial charge is 0.448 e. The fourth-order valence-electron chi connectivity index (χ4n) is 2.41. The van der Waals surface area contributed by atoms with Crippen LogP contribution in [0.2, 0.25) is 0 Å². The van der Waals surface area contributed by atoms with E-state index in [-0.39, 0.29) is 5.91 Å². The lowest BCUT2D eigenvalue weighted by Crippen LogP contribution is -2.37. The highest BCUT2D eigenvalue weighted by Crippen LogP contribution is 2.25. The molecule has 0 saturated heterocycles. The molecule has 1 aliphatic rings. The van der Waals surface area contributed by atoms with E-state index in [0.29, 0.717) is 38.5 Å². The third kappa shape index (κ3) is 3.56. The van der Waals surface area contributed by atoms with E-state index in [0.717, 1.165) is 15.0 Å². The van der Waals surface area contributed by atoms with Crippen LogP contribution < -0.4 is 0 Å². The van der Waals surface area contributed by atoms with Gasteiger partial charge in [-0.15, -0.1) is 0 Å².